The smallest absolute Gasteiger partial charge is 0.326 e. The number of aliphatic imine (C=N–C) groups is 3. The second-order valence-electron chi connectivity index (χ2n) is 9.76. The normalized spacial score (nSPS) is 13.3. The number of hydrogen-bond donors (Lipinski definition) is 12. The molecule has 0 aliphatic rings. The molecule has 0 radical (unpaired) electrons. The quantitative estimate of drug-likeness (QED) is 0.0347. The number of carboxylic acids is 1. The van der Waals surface area contributed by atoms with Crippen LogP contribution in [0.25, 0.3) is 0 Å². The standard InChI is InChI=1S/C24H45N15O5/c25-14(10-13-11-32-12-36-13)18(40)37-15(4-1-7-33-22(26)27)19(41)38-16(5-2-8-34-23(28)29)20(42)39-17(21(43)44)6-3-9-35-24(30)31/h11-12,14-17H,1-10,25H2,(H,32,36)(H,37,40)(H,38,41)(H,39,42)(H,43,44)(H4,26,27,33)(H4,28,29,34)(H4,30,31,35). The van der Waals surface area contributed by atoms with Crippen LogP contribution in [-0.4, -0.2) is 100 Å². The first kappa shape index (κ1) is 36.9. The molecule has 1 aromatic rings. The van der Waals surface area contributed by atoms with Crippen LogP contribution in [0, 0.1) is 0 Å². The Bertz CT molecular complexity index is 1140. The Hall–Kier alpha value is -5.14. The average molecular weight is 624 g/mol. The van der Waals surface area contributed by atoms with Gasteiger partial charge in [-0.3, -0.25) is 29.4 Å². The number of nitrogens with zero attached hydrogens (tertiary/aromatic N) is 4. The fourth-order valence-electron chi connectivity index (χ4n) is 3.86. The first-order chi connectivity index (χ1) is 20.8. The van der Waals surface area contributed by atoms with Gasteiger partial charge in [-0.1, -0.05) is 0 Å². The van der Waals surface area contributed by atoms with Gasteiger partial charge in [-0.05, 0) is 38.5 Å². The Kier molecular flexibility index (Phi) is 16.7. The molecule has 20 nitrogen and oxygen atoms in total. The fraction of sp³-hybridized carbons (Fsp3) is 0.583. The summed E-state index contributed by atoms with van der Waals surface area (Å²) in [6, 6.07) is -4.64. The van der Waals surface area contributed by atoms with Crippen molar-refractivity contribution in [3.8, 4) is 0 Å². The molecule has 246 valence electrons. The van der Waals surface area contributed by atoms with Gasteiger partial charge in [0, 0.05) is 37.9 Å². The van der Waals surface area contributed by atoms with Crippen molar-refractivity contribution in [1.29, 1.82) is 0 Å². The number of H-pyrrole nitrogens is 1. The predicted molar refractivity (Wildman–Crippen MR) is 163 cm³/mol. The molecule has 0 aliphatic carbocycles. The van der Waals surface area contributed by atoms with Crippen LogP contribution in [0.5, 0.6) is 0 Å². The van der Waals surface area contributed by atoms with E-state index in [0.29, 0.717) is 12.1 Å². The van der Waals surface area contributed by atoms with Gasteiger partial charge >= 0.3 is 5.97 Å². The molecule has 0 aliphatic heterocycles. The molecule has 1 aromatic heterocycles. The van der Waals surface area contributed by atoms with E-state index in [1.807, 2.05) is 0 Å². The molecule has 1 heterocycles. The number of rotatable bonds is 21. The number of imidazole rings is 1. The highest BCUT2D eigenvalue weighted by molar-refractivity contribution is 5.94. The van der Waals surface area contributed by atoms with Crippen LogP contribution in [0.15, 0.2) is 27.5 Å². The van der Waals surface area contributed by atoms with Crippen LogP contribution in [-0.2, 0) is 25.6 Å². The number of aliphatic carboxylic acids is 1. The lowest BCUT2D eigenvalue weighted by Crippen LogP contribution is -2.57. The number of nitrogens with two attached hydrogens (primary N) is 7. The van der Waals surface area contributed by atoms with Crippen molar-refractivity contribution in [2.75, 3.05) is 19.6 Å². The van der Waals surface area contributed by atoms with E-state index in [4.69, 9.17) is 40.1 Å². The SMILES string of the molecule is NC(N)=NCCCC(NC(=O)C(CCCN=C(N)N)NC(=O)C(CCCN=C(N)N)NC(=O)C(N)Cc1cnc[nH]1)C(=O)O. The zero-order valence-corrected chi connectivity index (χ0v) is 24.4. The van der Waals surface area contributed by atoms with Crippen LogP contribution in [0.3, 0.4) is 0 Å². The van der Waals surface area contributed by atoms with Gasteiger partial charge in [0.25, 0.3) is 0 Å². The van der Waals surface area contributed by atoms with Crippen LogP contribution < -0.4 is 56.1 Å². The van der Waals surface area contributed by atoms with Gasteiger partial charge in [-0.25, -0.2) is 9.78 Å². The Morgan fingerprint density at radius 2 is 1.14 bits per heavy atom. The lowest BCUT2D eigenvalue weighted by molar-refractivity contribution is -0.142. The summed E-state index contributed by atoms with van der Waals surface area (Å²) >= 11 is 0. The summed E-state index contributed by atoms with van der Waals surface area (Å²) in [5.74, 6) is -3.83. The second kappa shape index (κ2) is 19.9. The largest absolute Gasteiger partial charge is 0.480 e. The summed E-state index contributed by atoms with van der Waals surface area (Å²) in [6.45, 7) is 0.471. The maximum Gasteiger partial charge on any atom is 0.326 e. The highest BCUT2D eigenvalue weighted by Crippen LogP contribution is 2.07. The maximum atomic E-state index is 13.4. The van der Waals surface area contributed by atoms with Crippen LogP contribution >= 0.6 is 0 Å². The van der Waals surface area contributed by atoms with E-state index >= 15 is 0 Å². The zero-order chi connectivity index (χ0) is 33.1. The molecule has 0 saturated heterocycles. The molecule has 0 spiro atoms. The number of carbonyl (C=O) groups excluding carboxylic acids is 3. The summed E-state index contributed by atoms with van der Waals surface area (Å²) in [4.78, 5) is 69.6. The summed E-state index contributed by atoms with van der Waals surface area (Å²) in [6.07, 6.45) is 4.06. The molecular formula is C24H45N15O5. The van der Waals surface area contributed by atoms with Crippen molar-refractivity contribution in [3.05, 3.63) is 18.2 Å². The molecule has 20 heteroatoms. The minimum atomic E-state index is -1.29. The highest BCUT2D eigenvalue weighted by Gasteiger charge is 2.30. The third-order valence-electron chi connectivity index (χ3n) is 6.05. The van der Waals surface area contributed by atoms with E-state index in [-0.39, 0.29) is 76.0 Å². The number of guanidine groups is 3. The molecule has 19 N–H and O–H groups in total. The van der Waals surface area contributed by atoms with Crippen molar-refractivity contribution < 1.29 is 24.3 Å². The van der Waals surface area contributed by atoms with Crippen LogP contribution in [0.2, 0.25) is 0 Å². The zero-order valence-electron chi connectivity index (χ0n) is 24.4. The second-order valence-corrected chi connectivity index (χ2v) is 9.76. The predicted octanol–water partition coefficient (Wildman–Crippen LogP) is -5.02. The van der Waals surface area contributed by atoms with Crippen LogP contribution in [0.4, 0.5) is 0 Å². The molecule has 3 amide bonds. The van der Waals surface area contributed by atoms with Crippen LogP contribution in [0.1, 0.15) is 44.2 Å². The molecule has 4 atom stereocenters. The van der Waals surface area contributed by atoms with E-state index in [9.17, 15) is 24.3 Å². The Balaban J connectivity index is 3.07. The monoisotopic (exact) mass is 623 g/mol. The Morgan fingerprint density at radius 3 is 1.52 bits per heavy atom. The number of aromatic nitrogens is 2. The van der Waals surface area contributed by atoms with E-state index < -0.39 is 47.9 Å². The van der Waals surface area contributed by atoms with Gasteiger partial charge in [-0.15, -0.1) is 0 Å². The molecule has 1 rings (SSSR count). The third-order valence-corrected chi connectivity index (χ3v) is 6.05. The molecule has 4 unspecified atom stereocenters. The lowest BCUT2D eigenvalue weighted by Gasteiger charge is -2.25. The van der Waals surface area contributed by atoms with Gasteiger partial charge in [0.15, 0.2) is 17.9 Å². The molecule has 44 heavy (non-hydrogen) atoms. The van der Waals surface area contributed by atoms with Gasteiger partial charge in [0.2, 0.25) is 17.7 Å². The van der Waals surface area contributed by atoms with Crippen molar-refractivity contribution in [2.45, 2.75) is 69.1 Å². The third kappa shape index (κ3) is 15.7. The topological polar surface area (TPSA) is 372 Å². The molecule has 0 saturated carbocycles. The minimum Gasteiger partial charge on any atom is -0.480 e. The molecule has 0 fully saturated rings. The Labute approximate surface area is 254 Å². The van der Waals surface area contributed by atoms with E-state index in [2.05, 4.69) is 40.9 Å². The van der Waals surface area contributed by atoms with Gasteiger partial charge in [0.1, 0.15) is 18.1 Å². The summed E-state index contributed by atoms with van der Waals surface area (Å²) in [7, 11) is 0. The van der Waals surface area contributed by atoms with E-state index in [1.165, 1.54) is 12.5 Å². The van der Waals surface area contributed by atoms with Crippen molar-refractivity contribution in [2.24, 2.45) is 55.1 Å². The number of aromatic amines is 1. The number of hydrogen-bond acceptors (Lipinski definition) is 9. The van der Waals surface area contributed by atoms with Gasteiger partial charge in [-0.2, -0.15) is 0 Å². The Morgan fingerprint density at radius 1 is 0.727 bits per heavy atom. The first-order valence-corrected chi connectivity index (χ1v) is 13.8. The average Bonchev–Trinajstić information content (AvgIpc) is 3.45. The number of carbonyl (C=O) groups is 4. The maximum absolute atomic E-state index is 13.4. The van der Waals surface area contributed by atoms with E-state index in [0.717, 1.165) is 0 Å². The number of carboxylic acid groups (broad SMARTS) is 1. The molecule has 0 bridgehead atoms. The fourth-order valence-corrected chi connectivity index (χ4v) is 3.86. The highest BCUT2D eigenvalue weighted by atomic mass is 16.4. The summed E-state index contributed by atoms with van der Waals surface area (Å²) in [5.41, 5.74) is 38.7. The van der Waals surface area contributed by atoms with Crippen molar-refractivity contribution in [3.63, 3.8) is 0 Å². The molecule has 0 aromatic carbocycles. The molecular weight excluding hydrogens is 578 g/mol. The summed E-state index contributed by atoms with van der Waals surface area (Å²) in [5, 5.41) is 17.3. The van der Waals surface area contributed by atoms with Gasteiger partial charge in [0.05, 0.1) is 12.4 Å². The van der Waals surface area contributed by atoms with Crippen molar-refractivity contribution >= 4 is 41.6 Å². The number of nitrogens with one attached hydrogen (secondary N) is 4. The first-order valence-electron chi connectivity index (χ1n) is 13.8. The summed E-state index contributed by atoms with van der Waals surface area (Å²) < 4.78 is 0. The lowest BCUT2D eigenvalue weighted by atomic mass is 10.1. The number of amides is 3. The van der Waals surface area contributed by atoms with Crippen molar-refractivity contribution in [1.82, 2.24) is 25.9 Å². The van der Waals surface area contributed by atoms with Gasteiger partial charge < -0.3 is 66.2 Å². The van der Waals surface area contributed by atoms with E-state index in [1.54, 1.807) is 0 Å². The minimum absolute atomic E-state index is 0.0181.